The number of halogens is 3. The fourth-order valence-corrected chi connectivity index (χ4v) is 5.29. The van der Waals surface area contributed by atoms with Crippen molar-refractivity contribution in [1.82, 2.24) is 14.8 Å². The van der Waals surface area contributed by atoms with Gasteiger partial charge in [-0.2, -0.15) is 13.2 Å². The number of nitrogens with one attached hydrogen (secondary N) is 1. The quantitative estimate of drug-likeness (QED) is 0.650. The van der Waals surface area contributed by atoms with E-state index >= 15 is 0 Å². The van der Waals surface area contributed by atoms with Gasteiger partial charge in [-0.15, -0.1) is 11.3 Å². The normalized spacial score (nSPS) is 19.3. The number of carbonyl (C=O) groups excluding carboxylic acids is 2. The maximum absolute atomic E-state index is 13.1. The maximum Gasteiger partial charge on any atom is 0.425 e. The van der Waals surface area contributed by atoms with E-state index in [1.165, 1.54) is 6.07 Å². The van der Waals surface area contributed by atoms with Crippen LogP contribution in [0.25, 0.3) is 0 Å². The number of hydrogen-bond donors (Lipinski definition) is 1. The molecule has 2 amide bonds. The standard InChI is InChI=1S/C22H26F3N3O4S/c1-3-14(18-6-7-19(33-18)22(23,24)25)26-21(30)32-17-11-15(28-9-10-31-12-16(17)28)20(29)27-8-4-5-13(27)2/h6-7,11,13-14H,3-5,8-10,12H2,1-2H3,(H,26,30)/t13-,14+/m0/s1. The Morgan fingerprint density at radius 1 is 1.33 bits per heavy atom. The lowest BCUT2D eigenvalue weighted by molar-refractivity contribution is -0.134. The van der Waals surface area contributed by atoms with Crippen molar-refractivity contribution in [1.29, 1.82) is 0 Å². The number of thiophene rings is 1. The number of rotatable bonds is 5. The summed E-state index contributed by atoms with van der Waals surface area (Å²) < 4.78 is 51.7. The summed E-state index contributed by atoms with van der Waals surface area (Å²) >= 11 is 0.596. The zero-order valence-corrected chi connectivity index (χ0v) is 19.2. The molecule has 33 heavy (non-hydrogen) atoms. The van der Waals surface area contributed by atoms with Gasteiger partial charge in [0.1, 0.15) is 10.6 Å². The number of aromatic nitrogens is 1. The monoisotopic (exact) mass is 485 g/mol. The zero-order chi connectivity index (χ0) is 23.8. The lowest BCUT2D eigenvalue weighted by atomic mass is 10.2. The lowest BCUT2D eigenvalue weighted by Gasteiger charge is -2.24. The predicted octanol–water partition coefficient (Wildman–Crippen LogP) is 4.96. The molecule has 2 aromatic heterocycles. The van der Waals surface area contributed by atoms with Gasteiger partial charge in [0.05, 0.1) is 24.9 Å². The van der Waals surface area contributed by atoms with Crippen molar-refractivity contribution in [3.63, 3.8) is 0 Å². The highest BCUT2D eigenvalue weighted by Gasteiger charge is 2.34. The van der Waals surface area contributed by atoms with Crippen LogP contribution >= 0.6 is 11.3 Å². The van der Waals surface area contributed by atoms with E-state index in [-0.39, 0.29) is 24.3 Å². The van der Waals surface area contributed by atoms with E-state index in [0.29, 0.717) is 53.7 Å². The van der Waals surface area contributed by atoms with Crippen molar-refractivity contribution in [3.8, 4) is 5.75 Å². The molecule has 0 aromatic carbocycles. The van der Waals surface area contributed by atoms with Gasteiger partial charge in [-0.1, -0.05) is 6.92 Å². The molecular weight excluding hydrogens is 459 g/mol. The molecule has 0 radical (unpaired) electrons. The van der Waals surface area contributed by atoms with E-state index in [0.717, 1.165) is 18.9 Å². The zero-order valence-electron chi connectivity index (χ0n) is 18.4. The average Bonchev–Trinajstić information content (AvgIpc) is 3.50. The Balaban J connectivity index is 1.51. The van der Waals surface area contributed by atoms with Gasteiger partial charge >= 0.3 is 12.3 Å². The van der Waals surface area contributed by atoms with Crippen molar-refractivity contribution in [3.05, 3.63) is 39.3 Å². The van der Waals surface area contributed by atoms with Gasteiger partial charge in [0, 0.05) is 30.1 Å². The fourth-order valence-electron chi connectivity index (χ4n) is 4.28. The molecule has 1 saturated heterocycles. The van der Waals surface area contributed by atoms with Crippen molar-refractivity contribution in [2.75, 3.05) is 13.2 Å². The molecule has 2 atom stereocenters. The summed E-state index contributed by atoms with van der Waals surface area (Å²) in [6.07, 6.45) is -2.93. The minimum Gasteiger partial charge on any atom is -0.408 e. The Bertz CT molecular complexity index is 1030. The molecule has 2 aliphatic heterocycles. The van der Waals surface area contributed by atoms with Crippen LogP contribution in [0, 0.1) is 0 Å². The number of nitrogens with zero attached hydrogens (tertiary/aromatic N) is 2. The summed E-state index contributed by atoms with van der Waals surface area (Å²) in [4.78, 5) is 27.3. The third kappa shape index (κ3) is 4.89. The minimum absolute atomic E-state index is 0.108. The smallest absolute Gasteiger partial charge is 0.408 e. The molecule has 1 fully saturated rings. The molecule has 1 N–H and O–H groups in total. The first-order valence-corrected chi connectivity index (χ1v) is 11.8. The van der Waals surface area contributed by atoms with E-state index in [1.807, 2.05) is 16.4 Å². The molecule has 0 spiro atoms. The Kier molecular flexibility index (Phi) is 6.71. The summed E-state index contributed by atoms with van der Waals surface area (Å²) in [5, 5.41) is 2.64. The largest absolute Gasteiger partial charge is 0.425 e. The molecule has 0 aliphatic carbocycles. The topological polar surface area (TPSA) is 72.8 Å². The van der Waals surface area contributed by atoms with E-state index < -0.39 is 23.2 Å². The summed E-state index contributed by atoms with van der Waals surface area (Å²) in [5.74, 6) is 0.113. The van der Waals surface area contributed by atoms with Gasteiger partial charge in [0.25, 0.3) is 5.91 Å². The fraction of sp³-hybridized carbons (Fsp3) is 0.545. The molecule has 180 valence electrons. The van der Waals surface area contributed by atoms with Crippen LogP contribution in [0.1, 0.15) is 65.1 Å². The molecule has 0 unspecified atom stereocenters. The second-order valence-corrected chi connectivity index (χ2v) is 9.34. The molecule has 0 bridgehead atoms. The number of fused-ring (bicyclic) bond motifs is 1. The first kappa shape index (κ1) is 23.6. The van der Waals surface area contributed by atoms with E-state index in [1.54, 1.807) is 13.0 Å². The number of likely N-dealkylation sites (tertiary alicyclic amines) is 1. The van der Waals surface area contributed by atoms with Gasteiger partial charge in [-0.25, -0.2) is 4.79 Å². The molecule has 11 heteroatoms. The van der Waals surface area contributed by atoms with Crippen LogP contribution < -0.4 is 10.1 Å². The molecular formula is C22H26F3N3O4S. The number of carbonyl (C=O) groups is 2. The van der Waals surface area contributed by atoms with Gasteiger partial charge in [0.2, 0.25) is 0 Å². The third-order valence-corrected chi connectivity index (χ3v) is 7.30. The van der Waals surface area contributed by atoms with E-state index in [9.17, 15) is 22.8 Å². The summed E-state index contributed by atoms with van der Waals surface area (Å²) in [7, 11) is 0. The second-order valence-electron chi connectivity index (χ2n) is 8.23. The second kappa shape index (κ2) is 9.38. The van der Waals surface area contributed by atoms with E-state index in [4.69, 9.17) is 9.47 Å². The summed E-state index contributed by atoms with van der Waals surface area (Å²) in [6, 6.07) is 3.46. The maximum atomic E-state index is 13.1. The number of hydrogen-bond acceptors (Lipinski definition) is 5. The van der Waals surface area contributed by atoms with Crippen LogP contribution in [0.4, 0.5) is 18.0 Å². The van der Waals surface area contributed by atoms with Gasteiger partial charge in [-0.3, -0.25) is 4.79 Å². The van der Waals surface area contributed by atoms with Gasteiger partial charge in [-0.05, 0) is 38.3 Å². The predicted molar refractivity (Wildman–Crippen MR) is 115 cm³/mol. The first-order valence-electron chi connectivity index (χ1n) is 11.0. The van der Waals surface area contributed by atoms with Crippen molar-refractivity contribution in [2.45, 2.75) is 64.5 Å². The van der Waals surface area contributed by atoms with Crippen LogP contribution in [0.2, 0.25) is 0 Å². The Morgan fingerprint density at radius 3 is 2.76 bits per heavy atom. The number of amides is 2. The highest BCUT2D eigenvalue weighted by Crippen LogP contribution is 2.37. The Hall–Kier alpha value is -2.53. The Labute approximate surface area is 193 Å². The molecule has 2 aliphatic rings. The van der Waals surface area contributed by atoms with Crippen molar-refractivity contribution >= 4 is 23.3 Å². The van der Waals surface area contributed by atoms with E-state index in [2.05, 4.69) is 5.32 Å². The minimum atomic E-state index is -4.43. The summed E-state index contributed by atoms with van der Waals surface area (Å²) in [6.45, 7) is 5.57. The average molecular weight is 486 g/mol. The molecule has 4 rings (SSSR count). The highest BCUT2D eigenvalue weighted by atomic mass is 32.1. The van der Waals surface area contributed by atoms with Gasteiger partial charge < -0.3 is 24.3 Å². The van der Waals surface area contributed by atoms with Crippen LogP contribution in [0.3, 0.4) is 0 Å². The SMILES string of the molecule is CC[C@@H](NC(=O)Oc1cc(C(=O)N2CCC[C@@H]2C)n2c1COCC2)c1ccc(C(F)(F)F)s1. The van der Waals surface area contributed by atoms with Crippen molar-refractivity contribution in [2.24, 2.45) is 0 Å². The van der Waals surface area contributed by atoms with Crippen LogP contribution in [0.15, 0.2) is 18.2 Å². The Morgan fingerprint density at radius 2 is 2.12 bits per heavy atom. The molecule has 7 nitrogen and oxygen atoms in total. The molecule has 0 saturated carbocycles. The number of alkyl halides is 3. The highest BCUT2D eigenvalue weighted by molar-refractivity contribution is 7.12. The lowest BCUT2D eigenvalue weighted by Crippen LogP contribution is -2.35. The first-order chi connectivity index (χ1) is 15.7. The number of ether oxygens (including phenoxy) is 2. The van der Waals surface area contributed by atoms with Gasteiger partial charge in [0.15, 0.2) is 5.75 Å². The molecule has 2 aromatic rings. The van der Waals surface area contributed by atoms with Crippen LogP contribution in [-0.4, -0.2) is 40.7 Å². The third-order valence-electron chi connectivity index (χ3n) is 6.05. The van der Waals surface area contributed by atoms with Crippen molar-refractivity contribution < 1.29 is 32.2 Å². The molecule has 4 heterocycles. The summed E-state index contributed by atoms with van der Waals surface area (Å²) in [5.41, 5.74) is 1.04. The van der Waals surface area contributed by atoms with Crippen LogP contribution in [-0.2, 0) is 24.1 Å². The van der Waals surface area contributed by atoms with Crippen LogP contribution in [0.5, 0.6) is 5.75 Å².